The highest BCUT2D eigenvalue weighted by Gasteiger charge is 2.54. The van der Waals surface area contributed by atoms with Crippen LogP contribution in [0.2, 0.25) is 0 Å². The van der Waals surface area contributed by atoms with Crippen molar-refractivity contribution in [2.45, 2.75) is 31.0 Å². The average Bonchev–Trinajstić information content (AvgIpc) is 3.19. The lowest BCUT2D eigenvalue weighted by Gasteiger charge is -2.22. The maximum absolute atomic E-state index is 11.7. The second kappa shape index (κ2) is 6.43. The van der Waals surface area contributed by atoms with Gasteiger partial charge in [0.15, 0.2) is 0 Å². The van der Waals surface area contributed by atoms with Crippen molar-refractivity contribution in [3.05, 3.63) is 35.9 Å². The van der Waals surface area contributed by atoms with Gasteiger partial charge in [0.1, 0.15) is 31.0 Å². The first-order valence-corrected chi connectivity index (χ1v) is 7.02. The van der Waals surface area contributed by atoms with Gasteiger partial charge >= 0.3 is 6.09 Å². The molecule has 0 aromatic heterocycles. The number of carbonyl (C=O) groups is 1. The molecule has 0 radical (unpaired) electrons. The van der Waals surface area contributed by atoms with E-state index < -0.39 is 6.09 Å². The maximum Gasteiger partial charge on any atom is 0.407 e. The molecule has 21 heavy (non-hydrogen) atoms. The summed E-state index contributed by atoms with van der Waals surface area (Å²) in [7, 11) is 1.58. The Morgan fingerprint density at radius 1 is 1.43 bits per heavy atom. The Balaban J connectivity index is 1.40. The summed E-state index contributed by atoms with van der Waals surface area (Å²) in [6, 6.07) is 9.66. The molecule has 1 aromatic rings. The summed E-state index contributed by atoms with van der Waals surface area (Å²) >= 11 is 0. The second-order valence-corrected chi connectivity index (χ2v) is 5.15. The van der Waals surface area contributed by atoms with Crippen molar-refractivity contribution in [3.63, 3.8) is 0 Å². The van der Waals surface area contributed by atoms with Crippen molar-refractivity contribution in [2.24, 2.45) is 0 Å². The summed E-state index contributed by atoms with van der Waals surface area (Å²) in [5.41, 5.74) is 1.02. The van der Waals surface area contributed by atoms with Crippen LogP contribution >= 0.6 is 0 Å². The molecular weight excluding hydrogens is 274 g/mol. The predicted octanol–water partition coefficient (Wildman–Crippen LogP) is 1.09. The Kier molecular flexibility index (Phi) is 4.38. The summed E-state index contributed by atoms with van der Waals surface area (Å²) in [4.78, 5) is 11.7. The van der Waals surface area contributed by atoms with Gasteiger partial charge in [-0.15, -0.1) is 0 Å². The standard InChI is InChI=1S/C15H19NO5/c1-18-11(13-14-12(21-14)9-19-13)8-20-15(17)16-7-10-5-3-2-4-6-10/h2-6,11-14H,7-9H2,1H3,(H,16,17)/t11-,12-,13-,14-/m1/s1. The number of hydrogen-bond donors (Lipinski definition) is 1. The first-order valence-electron chi connectivity index (χ1n) is 7.02. The fourth-order valence-corrected chi connectivity index (χ4v) is 2.48. The highest BCUT2D eigenvalue weighted by molar-refractivity contribution is 5.67. The monoisotopic (exact) mass is 293 g/mol. The van der Waals surface area contributed by atoms with Crippen LogP contribution in [0.15, 0.2) is 30.3 Å². The molecule has 0 saturated carbocycles. The Bertz CT molecular complexity index is 480. The number of rotatable bonds is 6. The topological polar surface area (TPSA) is 69.3 Å². The van der Waals surface area contributed by atoms with Crippen LogP contribution in [0.25, 0.3) is 0 Å². The van der Waals surface area contributed by atoms with Crippen LogP contribution in [-0.2, 0) is 25.5 Å². The molecule has 1 aromatic carbocycles. The summed E-state index contributed by atoms with van der Waals surface area (Å²) in [6.07, 6.45) is -0.635. The lowest BCUT2D eigenvalue weighted by atomic mass is 10.1. The minimum Gasteiger partial charge on any atom is -0.447 e. The maximum atomic E-state index is 11.7. The molecule has 2 aliphatic heterocycles. The summed E-state index contributed by atoms with van der Waals surface area (Å²) < 4.78 is 21.5. The number of fused-ring (bicyclic) bond motifs is 1. The van der Waals surface area contributed by atoms with E-state index in [0.29, 0.717) is 13.2 Å². The number of benzene rings is 1. The molecule has 1 amide bonds. The number of nitrogens with one attached hydrogen (secondary N) is 1. The van der Waals surface area contributed by atoms with Crippen LogP contribution in [0.4, 0.5) is 4.79 Å². The molecule has 2 fully saturated rings. The van der Waals surface area contributed by atoms with Gasteiger partial charge in [-0.05, 0) is 5.56 Å². The molecule has 1 N–H and O–H groups in total. The summed E-state index contributed by atoms with van der Waals surface area (Å²) in [5, 5.41) is 2.70. The lowest BCUT2D eigenvalue weighted by Crippen LogP contribution is -2.38. The molecule has 0 spiro atoms. The molecule has 4 atom stereocenters. The quantitative estimate of drug-likeness (QED) is 0.795. The van der Waals surface area contributed by atoms with E-state index in [-0.39, 0.29) is 31.0 Å². The molecule has 6 heteroatoms. The summed E-state index contributed by atoms with van der Waals surface area (Å²) in [6.45, 7) is 1.18. The van der Waals surface area contributed by atoms with Gasteiger partial charge < -0.3 is 24.3 Å². The van der Waals surface area contributed by atoms with Crippen molar-refractivity contribution in [3.8, 4) is 0 Å². The van der Waals surface area contributed by atoms with E-state index in [0.717, 1.165) is 5.56 Å². The van der Waals surface area contributed by atoms with Crippen molar-refractivity contribution in [2.75, 3.05) is 20.3 Å². The lowest BCUT2D eigenvalue weighted by molar-refractivity contribution is -0.0839. The van der Waals surface area contributed by atoms with Gasteiger partial charge in [-0.2, -0.15) is 0 Å². The third-order valence-electron chi connectivity index (χ3n) is 3.73. The molecule has 2 heterocycles. The predicted molar refractivity (Wildman–Crippen MR) is 73.8 cm³/mol. The molecule has 2 aliphatic rings. The first-order chi connectivity index (χ1) is 10.3. The van der Waals surface area contributed by atoms with E-state index in [4.69, 9.17) is 18.9 Å². The highest BCUT2D eigenvalue weighted by atomic mass is 16.7. The van der Waals surface area contributed by atoms with Gasteiger partial charge in [-0.25, -0.2) is 4.79 Å². The highest BCUT2D eigenvalue weighted by Crippen LogP contribution is 2.36. The zero-order valence-electron chi connectivity index (χ0n) is 11.9. The van der Waals surface area contributed by atoms with Crippen molar-refractivity contribution >= 4 is 6.09 Å². The van der Waals surface area contributed by atoms with Gasteiger partial charge in [-0.1, -0.05) is 30.3 Å². The van der Waals surface area contributed by atoms with Gasteiger partial charge in [0.25, 0.3) is 0 Å². The van der Waals surface area contributed by atoms with E-state index in [2.05, 4.69) is 5.32 Å². The number of amides is 1. The van der Waals surface area contributed by atoms with Crippen LogP contribution in [0.3, 0.4) is 0 Å². The van der Waals surface area contributed by atoms with Crippen LogP contribution in [0.5, 0.6) is 0 Å². The number of hydrogen-bond acceptors (Lipinski definition) is 5. The first kappa shape index (κ1) is 14.3. The molecule has 2 saturated heterocycles. The molecule has 3 rings (SSSR count). The van der Waals surface area contributed by atoms with E-state index in [1.54, 1.807) is 7.11 Å². The normalized spacial score (nSPS) is 27.8. The third-order valence-corrected chi connectivity index (χ3v) is 3.73. The zero-order valence-corrected chi connectivity index (χ0v) is 11.9. The van der Waals surface area contributed by atoms with Crippen LogP contribution in [0.1, 0.15) is 5.56 Å². The Morgan fingerprint density at radius 2 is 2.24 bits per heavy atom. The third kappa shape index (κ3) is 3.53. The Hall–Kier alpha value is -1.63. The Labute approximate surface area is 123 Å². The van der Waals surface area contributed by atoms with Gasteiger partial charge in [-0.3, -0.25) is 0 Å². The van der Waals surface area contributed by atoms with Gasteiger partial charge in [0.2, 0.25) is 0 Å². The zero-order chi connectivity index (χ0) is 14.7. The Morgan fingerprint density at radius 3 is 2.86 bits per heavy atom. The van der Waals surface area contributed by atoms with Crippen molar-refractivity contribution in [1.29, 1.82) is 0 Å². The SMILES string of the molecule is CO[C@H](COC(=O)NCc1ccccc1)[C@H]1OC[C@H]2O[C@@H]12. The molecule has 0 bridgehead atoms. The van der Waals surface area contributed by atoms with Crippen molar-refractivity contribution < 1.29 is 23.7 Å². The summed E-state index contributed by atoms with van der Waals surface area (Å²) in [5.74, 6) is 0. The van der Waals surface area contributed by atoms with E-state index in [1.807, 2.05) is 30.3 Å². The van der Waals surface area contributed by atoms with Crippen LogP contribution in [-0.4, -0.2) is 50.8 Å². The minimum absolute atomic E-state index is 0.0888. The van der Waals surface area contributed by atoms with E-state index in [1.165, 1.54) is 0 Å². The molecular formula is C15H19NO5. The minimum atomic E-state index is -0.466. The van der Waals surface area contributed by atoms with Crippen LogP contribution < -0.4 is 5.32 Å². The average molecular weight is 293 g/mol. The van der Waals surface area contributed by atoms with Crippen molar-refractivity contribution in [1.82, 2.24) is 5.32 Å². The number of methoxy groups -OCH3 is 1. The molecule has 0 aliphatic carbocycles. The smallest absolute Gasteiger partial charge is 0.407 e. The molecule has 0 unspecified atom stereocenters. The number of epoxide rings is 1. The molecule has 6 nitrogen and oxygen atoms in total. The van der Waals surface area contributed by atoms with E-state index >= 15 is 0 Å². The fraction of sp³-hybridized carbons (Fsp3) is 0.533. The number of alkyl carbamates (subject to hydrolysis) is 1. The van der Waals surface area contributed by atoms with Crippen LogP contribution in [0, 0.1) is 0 Å². The number of ether oxygens (including phenoxy) is 4. The van der Waals surface area contributed by atoms with E-state index in [9.17, 15) is 4.79 Å². The molecule has 114 valence electrons. The van der Waals surface area contributed by atoms with Gasteiger partial charge in [0, 0.05) is 13.7 Å². The number of carbonyl (C=O) groups excluding carboxylic acids is 1. The fourth-order valence-electron chi connectivity index (χ4n) is 2.48. The largest absolute Gasteiger partial charge is 0.447 e. The second-order valence-electron chi connectivity index (χ2n) is 5.15. The van der Waals surface area contributed by atoms with Gasteiger partial charge in [0.05, 0.1) is 6.61 Å².